The predicted molar refractivity (Wildman–Crippen MR) is 84.5 cm³/mol. The van der Waals surface area contributed by atoms with E-state index in [0.29, 0.717) is 37.0 Å². The van der Waals surface area contributed by atoms with Gasteiger partial charge in [-0.1, -0.05) is 18.2 Å². The number of rotatable bonds is 5. The third-order valence-electron chi connectivity index (χ3n) is 3.65. The van der Waals surface area contributed by atoms with E-state index in [1.165, 1.54) is 12.4 Å². The minimum absolute atomic E-state index is 0.119. The Morgan fingerprint density at radius 3 is 2.78 bits per heavy atom. The number of hydrogen-bond acceptors (Lipinski definition) is 5. The molecule has 3 rings (SSSR count). The zero-order chi connectivity index (χ0) is 16.1. The van der Waals surface area contributed by atoms with E-state index in [1.54, 1.807) is 4.90 Å². The fraction of sp³-hybridized carbons (Fsp3) is 0.353. The summed E-state index contributed by atoms with van der Waals surface area (Å²) in [7, 11) is 0. The van der Waals surface area contributed by atoms with Crippen molar-refractivity contribution < 1.29 is 14.3 Å². The summed E-state index contributed by atoms with van der Waals surface area (Å²) >= 11 is 0. The predicted octanol–water partition coefficient (Wildman–Crippen LogP) is 2.52. The van der Waals surface area contributed by atoms with Crippen molar-refractivity contribution in [1.82, 2.24) is 14.9 Å². The highest BCUT2D eigenvalue weighted by Gasteiger charge is 2.28. The van der Waals surface area contributed by atoms with Gasteiger partial charge in [0, 0.05) is 19.7 Å². The minimum Gasteiger partial charge on any atom is -0.438 e. The van der Waals surface area contributed by atoms with E-state index in [0.717, 1.165) is 6.42 Å². The molecule has 1 fully saturated rings. The molecule has 0 spiro atoms. The van der Waals surface area contributed by atoms with E-state index in [4.69, 9.17) is 9.47 Å². The molecule has 6 heteroatoms. The zero-order valence-electron chi connectivity index (χ0n) is 13.0. The Morgan fingerprint density at radius 1 is 1.26 bits per heavy atom. The van der Waals surface area contributed by atoms with Crippen molar-refractivity contribution in [2.75, 3.05) is 19.7 Å². The highest BCUT2D eigenvalue weighted by molar-refractivity contribution is 5.92. The average molecular weight is 313 g/mol. The third kappa shape index (κ3) is 3.84. The first-order chi connectivity index (χ1) is 11.3. The molecule has 1 aromatic carbocycles. The second-order valence-electron chi connectivity index (χ2n) is 5.27. The number of amides is 1. The molecule has 23 heavy (non-hydrogen) atoms. The molecule has 0 aliphatic carbocycles. The first-order valence-corrected chi connectivity index (χ1v) is 7.72. The lowest BCUT2D eigenvalue weighted by Crippen LogP contribution is -2.30. The Labute approximate surface area is 135 Å². The van der Waals surface area contributed by atoms with Gasteiger partial charge in [0.1, 0.15) is 11.4 Å². The largest absolute Gasteiger partial charge is 0.438 e. The monoisotopic (exact) mass is 313 g/mol. The van der Waals surface area contributed by atoms with Crippen LogP contribution in [0.2, 0.25) is 0 Å². The summed E-state index contributed by atoms with van der Waals surface area (Å²) in [5, 5.41) is 0. The van der Waals surface area contributed by atoms with Crippen LogP contribution in [0.15, 0.2) is 42.7 Å². The summed E-state index contributed by atoms with van der Waals surface area (Å²) in [6, 6.07) is 9.33. The summed E-state index contributed by atoms with van der Waals surface area (Å²) in [6.45, 7) is 3.92. The molecule has 1 aliphatic rings. The summed E-state index contributed by atoms with van der Waals surface area (Å²) < 4.78 is 11.1. The number of carbonyl (C=O) groups excluding carboxylic acids is 1. The van der Waals surface area contributed by atoms with Gasteiger partial charge in [0.05, 0.1) is 18.5 Å². The molecular weight excluding hydrogens is 294 g/mol. The van der Waals surface area contributed by atoms with Crippen molar-refractivity contribution in [3.8, 4) is 11.6 Å². The summed E-state index contributed by atoms with van der Waals surface area (Å²) in [5.74, 6) is 0.923. The number of ether oxygens (including phenoxy) is 2. The number of aromatic nitrogens is 2. The van der Waals surface area contributed by atoms with E-state index >= 15 is 0 Å². The minimum atomic E-state index is -0.119. The molecule has 0 radical (unpaired) electrons. The first kappa shape index (κ1) is 15.4. The van der Waals surface area contributed by atoms with Gasteiger partial charge >= 0.3 is 0 Å². The first-order valence-electron chi connectivity index (χ1n) is 7.72. The molecule has 1 aromatic heterocycles. The van der Waals surface area contributed by atoms with Gasteiger partial charge in [0.15, 0.2) is 0 Å². The van der Waals surface area contributed by atoms with E-state index in [1.807, 2.05) is 37.3 Å². The van der Waals surface area contributed by atoms with Crippen molar-refractivity contribution in [2.45, 2.75) is 19.4 Å². The molecule has 0 bridgehead atoms. The molecule has 1 aliphatic heterocycles. The topological polar surface area (TPSA) is 64.5 Å². The molecule has 2 aromatic rings. The number of nitrogens with zero attached hydrogens (tertiary/aromatic N) is 3. The van der Waals surface area contributed by atoms with Crippen LogP contribution in [0.4, 0.5) is 0 Å². The Kier molecular flexibility index (Phi) is 4.83. The maximum Gasteiger partial charge on any atom is 0.274 e. The molecule has 1 saturated heterocycles. The molecule has 0 saturated carbocycles. The van der Waals surface area contributed by atoms with Gasteiger partial charge in [0.25, 0.3) is 5.91 Å². The lowest BCUT2D eigenvalue weighted by molar-refractivity contribution is 0.0595. The fourth-order valence-electron chi connectivity index (χ4n) is 2.54. The molecular formula is C17H19N3O3. The van der Waals surface area contributed by atoms with Crippen LogP contribution in [-0.4, -0.2) is 46.6 Å². The summed E-state index contributed by atoms with van der Waals surface area (Å²) in [6.07, 6.45) is 3.91. The van der Waals surface area contributed by atoms with Crippen LogP contribution in [-0.2, 0) is 4.74 Å². The molecule has 1 atom stereocenters. The second kappa shape index (κ2) is 7.19. The molecule has 0 N–H and O–H groups in total. The zero-order valence-corrected chi connectivity index (χ0v) is 13.0. The lowest BCUT2D eigenvalue weighted by Gasteiger charge is -2.15. The van der Waals surface area contributed by atoms with Gasteiger partial charge in [-0.15, -0.1) is 0 Å². The normalized spacial score (nSPS) is 17.3. The van der Waals surface area contributed by atoms with Crippen LogP contribution in [0, 0.1) is 0 Å². The molecule has 120 valence electrons. The van der Waals surface area contributed by atoms with Crippen LogP contribution in [0.25, 0.3) is 0 Å². The number of carbonyl (C=O) groups is 1. The van der Waals surface area contributed by atoms with Gasteiger partial charge in [-0.3, -0.25) is 4.79 Å². The van der Waals surface area contributed by atoms with E-state index < -0.39 is 0 Å². The highest BCUT2D eigenvalue weighted by Crippen LogP contribution is 2.19. The molecule has 1 amide bonds. The Morgan fingerprint density at radius 2 is 2.09 bits per heavy atom. The van der Waals surface area contributed by atoms with Crippen LogP contribution in [0.5, 0.6) is 11.6 Å². The van der Waals surface area contributed by atoms with Crippen LogP contribution >= 0.6 is 0 Å². The van der Waals surface area contributed by atoms with Gasteiger partial charge in [-0.25, -0.2) is 9.97 Å². The Bertz CT molecular complexity index is 646. The smallest absolute Gasteiger partial charge is 0.274 e. The quantitative estimate of drug-likeness (QED) is 0.848. The van der Waals surface area contributed by atoms with Crippen molar-refractivity contribution >= 4 is 5.91 Å². The summed E-state index contributed by atoms with van der Waals surface area (Å²) in [4.78, 5) is 22.5. The van der Waals surface area contributed by atoms with Crippen molar-refractivity contribution in [3.05, 3.63) is 48.4 Å². The van der Waals surface area contributed by atoms with Crippen molar-refractivity contribution in [1.29, 1.82) is 0 Å². The maximum atomic E-state index is 12.4. The number of benzene rings is 1. The third-order valence-corrected chi connectivity index (χ3v) is 3.65. The van der Waals surface area contributed by atoms with Crippen LogP contribution in [0.3, 0.4) is 0 Å². The molecule has 6 nitrogen and oxygen atoms in total. The standard InChI is InChI=1S/C17H19N3O3/c1-2-22-14-8-9-20(12-14)17(21)15-10-19-16(11-18-15)23-13-6-4-3-5-7-13/h3-7,10-11,14H,2,8-9,12H2,1H3/t14-/m0/s1. The van der Waals surface area contributed by atoms with Crippen molar-refractivity contribution in [2.24, 2.45) is 0 Å². The number of likely N-dealkylation sites (tertiary alicyclic amines) is 1. The highest BCUT2D eigenvalue weighted by atomic mass is 16.5. The number of para-hydroxylation sites is 1. The Hall–Kier alpha value is -2.47. The second-order valence-corrected chi connectivity index (χ2v) is 5.27. The maximum absolute atomic E-state index is 12.4. The van der Waals surface area contributed by atoms with E-state index in [2.05, 4.69) is 9.97 Å². The Balaban J connectivity index is 1.62. The number of hydrogen-bond donors (Lipinski definition) is 0. The summed E-state index contributed by atoms with van der Waals surface area (Å²) in [5.41, 5.74) is 0.322. The van der Waals surface area contributed by atoms with Crippen LogP contribution in [0.1, 0.15) is 23.8 Å². The SMILES string of the molecule is CCO[C@H]1CCN(C(=O)c2cnc(Oc3ccccc3)cn2)C1. The van der Waals surface area contributed by atoms with Crippen LogP contribution < -0.4 is 4.74 Å². The average Bonchev–Trinajstić information content (AvgIpc) is 3.05. The lowest BCUT2D eigenvalue weighted by atomic mass is 10.3. The van der Waals surface area contributed by atoms with E-state index in [9.17, 15) is 4.79 Å². The van der Waals surface area contributed by atoms with Gasteiger partial charge in [-0.2, -0.15) is 0 Å². The molecule has 0 unspecified atom stereocenters. The van der Waals surface area contributed by atoms with Crippen molar-refractivity contribution in [3.63, 3.8) is 0 Å². The fourth-order valence-corrected chi connectivity index (χ4v) is 2.54. The van der Waals surface area contributed by atoms with Gasteiger partial charge in [-0.05, 0) is 25.5 Å². The van der Waals surface area contributed by atoms with Gasteiger partial charge in [0.2, 0.25) is 5.88 Å². The molecule has 2 heterocycles. The van der Waals surface area contributed by atoms with E-state index in [-0.39, 0.29) is 12.0 Å². The van der Waals surface area contributed by atoms with Gasteiger partial charge < -0.3 is 14.4 Å².